The van der Waals surface area contributed by atoms with Gasteiger partial charge in [-0.25, -0.2) is 0 Å². The number of ether oxygens (including phenoxy) is 3. The molecule has 0 fully saturated rings. The van der Waals surface area contributed by atoms with Gasteiger partial charge in [0.05, 0.1) is 0 Å². The van der Waals surface area contributed by atoms with Crippen LogP contribution in [-0.4, -0.2) is 37.2 Å². The molecule has 66 heavy (non-hydrogen) atoms. The summed E-state index contributed by atoms with van der Waals surface area (Å²) in [6.45, 7) is 6.57. The molecular weight excluding hydrogens is 817 g/mol. The molecule has 0 N–H and O–H groups in total. The summed E-state index contributed by atoms with van der Waals surface area (Å²) in [5.41, 5.74) is 0. The fraction of sp³-hybridized carbons (Fsp3) is 0.917. The van der Waals surface area contributed by atoms with E-state index in [1.54, 1.807) is 0 Å². The van der Waals surface area contributed by atoms with Crippen molar-refractivity contribution < 1.29 is 28.6 Å². The summed E-state index contributed by atoms with van der Waals surface area (Å²) >= 11 is 0. The second kappa shape index (κ2) is 55.7. The molecule has 6 nitrogen and oxygen atoms in total. The molecule has 0 aromatic heterocycles. The van der Waals surface area contributed by atoms with Gasteiger partial charge in [0.25, 0.3) is 0 Å². The normalized spacial score (nSPS) is 12.0. The van der Waals surface area contributed by atoms with Crippen molar-refractivity contribution in [3.05, 3.63) is 12.2 Å². The lowest BCUT2D eigenvalue weighted by atomic mass is 10.0. The van der Waals surface area contributed by atoms with E-state index in [4.69, 9.17) is 14.2 Å². The highest BCUT2D eigenvalue weighted by molar-refractivity contribution is 5.71. The van der Waals surface area contributed by atoms with Crippen LogP contribution in [0.1, 0.15) is 335 Å². The van der Waals surface area contributed by atoms with Gasteiger partial charge in [-0.2, -0.15) is 0 Å². The Bertz CT molecular complexity index is 1020. The number of allylic oxidation sites excluding steroid dienone is 2. The first kappa shape index (κ1) is 64.2. The van der Waals surface area contributed by atoms with Crippen LogP contribution in [0.15, 0.2) is 12.2 Å². The van der Waals surface area contributed by atoms with Crippen LogP contribution in [0.2, 0.25) is 0 Å². The molecule has 1 atom stereocenters. The Hall–Kier alpha value is -1.85. The van der Waals surface area contributed by atoms with E-state index < -0.39 is 6.10 Å². The molecule has 0 radical (unpaired) electrons. The molecule has 0 spiro atoms. The number of hydrogen-bond acceptors (Lipinski definition) is 6. The molecule has 0 saturated heterocycles. The summed E-state index contributed by atoms with van der Waals surface area (Å²) in [7, 11) is 0. The summed E-state index contributed by atoms with van der Waals surface area (Å²) in [4.78, 5) is 37.7. The first-order chi connectivity index (χ1) is 32.5. The van der Waals surface area contributed by atoms with Crippen LogP contribution in [0, 0.1) is 0 Å². The van der Waals surface area contributed by atoms with Crippen molar-refractivity contribution in [3.8, 4) is 0 Å². The zero-order chi connectivity index (χ0) is 47.9. The Morgan fingerprint density at radius 3 is 0.788 bits per heavy atom. The highest BCUT2D eigenvalue weighted by Crippen LogP contribution is 2.18. The quantitative estimate of drug-likeness (QED) is 0.0262. The summed E-state index contributed by atoms with van der Waals surface area (Å²) < 4.78 is 16.7. The summed E-state index contributed by atoms with van der Waals surface area (Å²) in [6.07, 6.45) is 64.3. The molecule has 0 saturated carbocycles. The van der Waals surface area contributed by atoms with Gasteiger partial charge in [0.1, 0.15) is 13.2 Å². The van der Waals surface area contributed by atoms with Crippen LogP contribution in [0.4, 0.5) is 0 Å². The van der Waals surface area contributed by atoms with E-state index in [0.29, 0.717) is 19.3 Å². The van der Waals surface area contributed by atoms with E-state index in [9.17, 15) is 14.4 Å². The van der Waals surface area contributed by atoms with E-state index in [2.05, 4.69) is 32.9 Å². The SMILES string of the molecule is CCCCC/C=C\CCCCCCCC(=O)OC(COC(=O)CCCCCCC)COC(=O)CCCCCCCCCCCCCCCCCCCCCCCCCCCCCCCCC. The Kier molecular flexibility index (Phi) is 54.2. The lowest BCUT2D eigenvalue weighted by Crippen LogP contribution is -2.30. The third-order valence-electron chi connectivity index (χ3n) is 13.5. The van der Waals surface area contributed by atoms with Crippen molar-refractivity contribution in [2.24, 2.45) is 0 Å². The van der Waals surface area contributed by atoms with Crippen LogP contribution < -0.4 is 0 Å². The molecule has 0 aliphatic rings. The molecule has 6 heteroatoms. The van der Waals surface area contributed by atoms with Crippen molar-refractivity contribution >= 4 is 17.9 Å². The third kappa shape index (κ3) is 53.1. The maximum atomic E-state index is 12.7. The second-order valence-electron chi connectivity index (χ2n) is 20.3. The van der Waals surface area contributed by atoms with Crippen molar-refractivity contribution in [1.29, 1.82) is 0 Å². The number of rotatable bonds is 55. The van der Waals surface area contributed by atoms with E-state index in [0.717, 1.165) is 70.6 Å². The van der Waals surface area contributed by atoms with Gasteiger partial charge in [-0.05, 0) is 44.9 Å². The fourth-order valence-electron chi connectivity index (χ4n) is 9.03. The Balaban J connectivity index is 3.84. The second-order valence-corrected chi connectivity index (χ2v) is 20.3. The Labute approximate surface area is 411 Å². The average molecular weight is 932 g/mol. The predicted molar refractivity (Wildman–Crippen MR) is 284 cm³/mol. The maximum absolute atomic E-state index is 12.7. The lowest BCUT2D eigenvalue weighted by Gasteiger charge is -2.18. The summed E-state index contributed by atoms with van der Waals surface area (Å²) in [6, 6.07) is 0. The van der Waals surface area contributed by atoms with E-state index >= 15 is 0 Å². The van der Waals surface area contributed by atoms with Gasteiger partial charge < -0.3 is 14.2 Å². The number of esters is 3. The molecule has 0 aliphatic heterocycles. The van der Waals surface area contributed by atoms with Gasteiger partial charge in [0.2, 0.25) is 0 Å². The van der Waals surface area contributed by atoms with Gasteiger partial charge in [-0.1, -0.05) is 283 Å². The zero-order valence-electron chi connectivity index (χ0n) is 44.7. The van der Waals surface area contributed by atoms with Gasteiger partial charge in [-0.3, -0.25) is 14.4 Å². The molecule has 0 aliphatic carbocycles. The van der Waals surface area contributed by atoms with Gasteiger partial charge in [0.15, 0.2) is 6.10 Å². The van der Waals surface area contributed by atoms with Crippen molar-refractivity contribution in [3.63, 3.8) is 0 Å². The molecule has 0 aromatic rings. The lowest BCUT2D eigenvalue weighted by molar-refractivity contribution is -0.167. The van der Waals surface area contributed by atoms with Crippen LogP contribution >= 0.6 is 0 Å². The molecule has 0 heterocycles. The molecular formula is C60H114O6. The monoisotopic (exact) mass is 931 g/mol. The van der Waals surface area contributed by atoms with Gasteiger partial charge >= 0.3 is 17.9 Å². The predicted octanol–water partition coefficient (Wildman–Crippen LogP) is 19.7. The average Bonchev–Trinajstić information content (AvgIpc) is 3.31. The minimum Gasteiger partial charge on any atom is -0.462 e. The van der Waals surface area contributed by atoms with Crippen molar-refractivity contribution in [2.45, 2.75) is 341 Å². The Morgan fingerprint density at radius 2 is 0.500 bits per heavy atom. The van der Waals surface area contributed by atoms with Crippen LogP contribution in [0.3, 0.4) is 0 Å². The molecule has 0 rings (SSSR count). The third-order valence-corrected chi connectivity index (χ3v) is 13.5. The Morgan fingerprint density at radius 1 is 0.288 bits per heavy atom. The fourth-order valence-corrected chi connectivity index (χ4v) is 9.03. The largest absolute Gasteiger partial charge is 0.462 e. The summed E-state index contributed by atoms with van der Waals surface area (Å²) in [5, 5.41) is 0. The zero-order valence-corrected chi connectivity index (χ0v) is 44.7. The molecule has 0 amide bonds. The van der Waals surface area contributed by atoms with Crippen molar-refractivity contribution in [2.75, 3.05) is 13.2 Å². The first-order valence-corrected chi connectivity index (χ1v) is 29.7. The number of carbonyl (C=O) groups excluding carboxylic acids is 3. The van der Waals surface area contributed by atoms with E-state index in [-0.39, 0.29) is 31.1 Å². The van der Waals surface area contributed by atoms with Gasteiger partial charge in [-0.15, -0.1) is 0 Å². The standard InChI is InChI=1S/C60H114O6/c1-4-7-10-13-15-17-19-21-22-23-24-25-26-27-28-29-30-31-32-33-34-35-36-37-38-39-41-42-44-47-50-53-59(62)65-56-57(55-64-58(61)52-49-46-12-9-6-3)66-60(63)54-51-48-45-43-40-20-18-16-14-11-8-5-2/h16,18,57H,4-15,17,19-56H2,1-3H3/b18-16-. The molecule has 1 unspecified atom stereocenters. The van der Waals surface area contributed by atoms with Crippen molar-refractivity contribution in [1.82, 2.24) is 0 Å². The highest BCUT2D eigenvalue weighted by atomic mass is 16.6. The smallest absolute Gasteiger partial charge is 0.306 e. The van der Waals surface area contributed by atoms with E-state index in [1.165, 1.54) is 225 Å². The minimum atomic E-state index is -0.766. The molecule has 0 bridgehead atoms. The van der Waals surface area contributed by atoms with E-state index in [1.807, 2.05) is 0 Å². The minimum absolute atomic E-state index is 0.0695. The summed E-state index contributed by atoms with van der Waals surface area (Å²) in [5.74, 6) is -0.877. The number of hydrogen-bond donors (Lipinski definition) is 0. The van der Waals surface area contributed by atoms with Crippen LogP contribution in [-0.2, 0) is 28.6 Å². The number of unbranched alkanes of at least 4 members (excludes halogenated alkanes) is 42. The van der Waals surface area contributed by atoms with Gasteiger partial charge in [0, 0.05) is 19.3 Å². The van der Waals surface area contributed by atoms with Crippen LogP contribution in [0.25, 0.3) is 0 Å². The highest BCUT2D eigenvalue weighted by Gasteiger charge is 2.19. The molecule has 0 aromatic carbocycles. The topological polar surface area (TPSA) is 78.9 Å². The van der Waals surface area contributed by atoms with Crippen LogP contribution in [0.5, 0.6) is 0 Å². The number of carbonyl (C=O) groups is 3. The maximum Gasteiger partial charge on any atom is 0.306 e. The first-order valence-electron chi connectivity index (χ1n) is 29.7. The molecule has 390 valence electrons.